The Kier molecular flexibility index (Phi) is 7.98. The lowest BCUT2D eigenvalue weighted by Gasteiger charge is -2.43. The Morgan fingerprint density at radius 2 is 1.83 bits per heavy atom. The number of benzene rings is 2. The summed E-state index contributed by atoms with van der Waals surface area (Å²) >= 11 is 0. The van der Waals surface area contributed by atoms with Crippen LogP contribution in [0.5, 0.6) is 0 Å². The van der Waals surface area contributed by atoms with E-state index in [4.69, 9.17) is 5.26 Å². The predicted molar refractivity (Wildman–Crippen MR) is 186 cm³/mol. The number of aromatic nitrogens is 2. The van der Waals surface area contributed by atoms with Crippen LogP contribution in [0.4, 0.5) is 5.69 Å². The molecule has 4 aromatic rings. The van der Waals surface area contributed by atoms with Crippen molar-refractivity contribution in [3.05, 3.63) is 95.1 Å². The number of anilines is 1. The van der Waals surface area contributed by atoms with Crippen LogP contribution in [-0.2, 0) is 11.2 Å². The summed E-state index contributed by atoms with van der Waals surface area (Å²) in [5.41, 5.74) is 9.63. The lowest BCUT2D eigenvalue weighted by molar-refractivity contribution is -0.135. The number of aliphatic hydroxyl groups excluding tert-OH is 1. The summed E-state index contributed by atoms with van der Waals surface area (Å²) in [5.74, 6) is 1.45. The van der Waals surface area contributed by atoms with Crippen molar-refractivity contribution in [2.75, 3.05) is 31.1 Å². The monoisotopic (exact) mass is 623 g/mol. The van der Waals surface area contributed by atoms with Crippen LogP contribution in [0, 0.1) is 17.2 Å². The van der Waals surface area contributed by atoms with E-state index in [1.54, 1.807) is 41.5 Å². The van der Waals surface area contributed by atoms with Crippen LogP contribution in [0.25, 0.3) is 27.1 Å². The zero-order chi connectivity index (χ0) is 31.9. The number of rotatable bonds is 5. The van der Waals surface area contributed by atoms with E-state index in [-0.39, 0.29) is 25.0 Å². The number of pyridine rings is 2. The molecule has 2 saturated carbocycles. The first-order chi connectivity index (χ1) is 23.1. The van der Waals surface area contributed by atoms with Gasteiger partial charge in [0, 0.05) is 67.3 Å². The van der Waals surface area contributed by atoms with Crippen LogP contribution >= 0.6 is 0 Å². The lowest BCUT2D eigenvalue weighted by Crippen LogP contribution is -2.56. The van der Waals surface area contributed by atoms with Crippen LogP contribution in [0.15, 0.2) is 72.8 Å². The molecule has 238 valence electrons. The molecule has 7 nitrogen and oxygen atoms in total. The average Bonchev–Trinajstić information content (AvgIpc) is 4.05. The fraction of sp³-hybridized carbons (Fsp3) is 0.400. The summed E-state index contributed by atoms with van der Waals surface area (Å²) in [7, 11) is 0. The second-order valence-corrected chi connectivity index (χ2v) is 13.8. The minimum atomic E-state index is -0.0513. The minimum absolute atomic E-state index is 0.0513. The van der Waals surface area contributed by atoms with Gasteiger partial charge < -0.3 is 14.9 Å². The van der Waals surface area contributed by atoms with E-state index in [2.05, 4.69) is 62.3 Å². The topological polar surface area (TPSA) is 93.3 Å². The maximum atomic E-state index is 12.7. The molecule has 4 aliphatic carbocycles. The van der Waals surface area contributed by atoms with Gasteiger partial charge in [-0.1, -0.05) is 29.9 Å². The van der Waals surface area contributed by atoms with Gasteiger partial charge in [-0.15, -0.1) is 0 Å². The molecule has 9 rings (SSSR count). The molecule has 1 N–H and O–H groups in total. The third-order valence-corrected chi connectivity index (χ3v) is 10.8. The number of carbonyl (C=O) groups is 1. The maximum absolute atomic E-state index is 12.7. The molecule has 1 atom stereocenters. The molecule has 5 aliphatic rings. The normalized spacial score (nSPS) is 20.4. The number of piperazine rings is 1. The molecule has 1 amide bonds. The van der Waals surface area contributed by atoms with E-state index in [1.807, 2.05) is 6.07 Å². The highest BCUT2D eigenvalue weighted by Gasteiger charge is 2.41. The SMILES string of the molecule is N#Cc1cncc2cnccc12.O=C(CCO)N1CCN(c2cc(C3CC3)c3ccc4c(c3c2)CCC2=C4C=CCC2)C[C@H]1C1CC1. The second-order valence-electron chi connectivity index (χ2n) is 13.8. The van der Waals surface area contributed by atoms with Crippen molar-refractivity contribution < 1.29 is 9.90 Å². The van der Waals surface area contributed by atoms with Crippen LogP contribution in [-0.4, -0.2) is 58.2 Å². The van der Waals surface area contributed by atoms with Gasteiger partial charge in [-0.2, -0.15) is 5.26 Å². The number of allylic oxidation sites excluding steroid dienone is 4. The summed E-state index contributed by atoms with van der Waals surface area (Å²) in [5, 5.41) is 22.8. The van der Waals surface area contributed by atoms with E-state index in [1.165, 1.54) is 72.5 Å². The quantitative estimate of drug-likeness (QED) is 0.256. The largest absolute Gasteiger partial charge is 0.396 e. The first-order valence-electron chi connectivity index (χ1n) is 17.3. The number of carbonyl (C=O) groups excluding carboxylic acids is 1. The van der Waals surface area contributed by atoms with Gasteiger partial charge in [-0.05, 0) is 114 Å². The summed E-state index contributed by atoms with van der Waals surface area (Å²) in [6, 6.07) is 14.0. The summed E-state index contributed by atoms with van der Waals surface area (Å²) in [4.78, 5) is 25.2. The van der Waals surface area contributed by atoms with Crippen LogP contribution < -0.4 is 4.90 Å². The molecule has 0 unspecified atom stereocenters. The van der Waals surface area contributed by atoms with Crippen LogP contribution in [0.1, 0.15) is 79.5 Å². The fourth-order valence-corrected chi connectivity index (χ4v) is 8.05. The Bertz CT molecular complexity index is 1960. The Balaban J connectivity index is 0.000000227. The number of nitriles is 1. The number of amides is 1. The van der Waals surface area contributed by atoms with Crippen molar-refractivity contribution in [2.45, 2.75) is 69.7 Å². The van der Waals surface area contributed by atoms with Gasteiger partial charge in [0.15, 0.2) is 0 Å². The van der Waals surface area contributed by atoms with E-state index in [0.29, 0.717) is 17.4 Å². The molecule has 3 fully saturated rings. The van der Waals surface area contributed by atoms with Gasteiger partial charge in [0.1, 0.15) is 6.07 Å². The number of fused-ring (bicyclic) bond motifs is 5. The molecular weight excluding hydrogens is 582 g/mol. The van der Waals surface area contributed by atoms with Gasteiger partial charge in [-0.3, -0.25) is 14.8 Å². The van der Waals surface area contributed by atoms with Crippen molar-refractivity contribution in [1.82, 2.24) is 14.9 Å². The van der Waals surface area contributed by atoms with Gasteiger partial charge in [-0.25, -0.2) is 0 Å². The fourth-order valence-electron chi connectivity index (χ4n) is 8.05. The highest BCUT2D eigenvalue weighted by atomic mass is 16.3. The van der Waals surface area contributed by atoms with Crippen molar-refractivity contribution >= 4 is 38.7 Å². The zero-order valence-corrected chi connectivity index (χ0v) is 26.9. The van der Waals surface area contributed by atoms with Gasteiger partial charge in [0.05, 0.1) is 18.2 Å². The molecule has 7 heteroatoms. The molecule has 0 radical (unpaired) electrons. The average molecular weight is 624 g/mol. The zero-order valence-electron chi connectivity index (χ0n) is 26.9. The number of aliphatic hydroxyl groups is 1. The van der Waals surface area contributed by atoms with E-state index < -0.39 is 0 Å². The molecule has 2 aromatic heterocycles. The van der Waals surface area contributed by atoms with Crippen LogP contribution in [0.2, 0.25) is 0 Å². The number of nitrogens with zero attached hydrogens (tertiary/aromatic N) is 5. The number of aryl methyl sites for hydroxylation is 1. The van der Waals surface area contributed by atoms with Crippen molar-refractivity contribution in [1.29, 1.82) is 5.26 Å². The van der Waals surface area contributed by atoms with Crippen molar-refractivity contribution in [3.63, 3.8) is 0 Å². The molecular formula is C40H41N5O2. The van der Waals surface area contributed by atoms with E-state index in [0.717, 1.165) is 36.8 Å². The predicted octanol–water partition coefficient (Wildman–Crippen LogP) is 7.08. The van der Waals surface area contributed by atoms with E-state index >= 15 is 0 Å². The number of hydrogen-bond acceptors (Lipinski definition) is 6. The van der Waals surface area contributed by atoms with Gasteiger partial charge in [0.25, 0.3) is 0 Å². The molecule has 0 spiro atoms. The smallest absolute Gasteiger partial charge is 0.225 e. The van der Waals surface area contributed by atoms with Crippen molar-refractivity contribution in [3.8, 4) is 6.07 Å². The molecule has 47 heavy (non-hydrogen) atoms. The highest BCUT2D eigenvalue weighted by Crippen LogP contribution is 2.48. The lowest BCUT2D eigenvalue weighted by atomic mass is 9.79. The summed E-state index contributed by atoms with van der Waals surface area (Å²) in [6.07, 6.45) is 21.4. The molecule has 3 heterocycles. The Labute approximate surface area is 276 Å². The Morgan fingerprint density at radius 1 is 0.957 bits per heavy atom. The third-order valence-electron chi connectivity index (χ3n) is 10.8. The van der Waals surface area contributed by atoms with Gasteiger partial charge >= 0.3 is 0 Å². The second kappa shape index (κ2) is 12.6. The standard InChI is InChI=1S/C31H36N2O2.C9H5N3/c34-16-13-31(35)33-15-14-32(19-30(33)22-7-8-22)23-17-28(21-5-6-21)27-12-11-25-24-4-2-1-3-20(24)9-10-26(25)29(27)18-23;10-3-7-4-12-6-8-5-11-2-1-9(7)8/h2,4,11-12,17-18,21-22,30,34H,1,3,5-10,13-16,19H2;1-2,4-6H/t30-;/m0./s1. The summed E-state index contributed by atoms with van der Waals surface area (Å²) < 4.78 is 0. The van der Waals surface area contributed by atoms with Crippen LogP contribution in [0.3, 0.4) is 0 Å². The molecule has 1 aliphatic heterocycles. The third kappa shape index (κ3) is 5.80. The molecule has 0 bridgehead atoms. The molecule has 2 aromatic carbocycles. The van der Waals surface area contributed by atoms with Gasteiger partial charge in [0.2, 0.25) is 5.91 Å². The van der Waals surface area contributed by atoms with Crippen molar-refractivity contribution in [2.24, 2.45) is 5.92 Å². The molecule has 1 saturated heterocycles. The highest BCUT2D eigenvalue weighted by molar-refractivity contribution is 5.98. The Hall–Kier alpha value is -4.54. The summed E-state index contributed by atoms with van der Waals surface area (Å²) in [6.45, 7) is 2.52. The first kappa shape index (κ1) is 29.8. The van der Waals surface area contributed by atoms with E-state index in [9.17, 15) is 9.90 Å². The Morgan fingerprint density at radius 3 is 2.64 bits per heavy atom. The minimum Gasteiger partial charge on any atom is -0.396 e. The first-order valence-corrected chi connectivity index (χ1v) is 17.3. The maximum Gasteiger partial charge on any atom is 0.225 e. The number of hydrogen-bond donors (Lipinski definition) is 1.